The Balaban J connectivity index is 1.81. The zero-order valence-corrected chi connectivity index (χ0v) is 17.3. The van der Waals surface area contributed by atoms with Crippen molar-refractivity contribution in [3.8, 4) is 0 Å². The molecule has 0 radical (unpaired) electrons. The zero-order valence-electron chi connectivity index (χ0n) is 15.8. The number of nitrogens with zero attached hydrogens (tertiary/aromatic N) is 2. The molecule has 0 spiro atoms. The fourth-order valence-corrected chi connectivity index (χ4v) is 3.70. The van der Waals surface area contributed by atoms with Gasteiger partial charge in [-0.3, -0.25) is 9.78 Å². The smallest absolute Gasteiger partial charge is 0.253 e. The predicted octanol–water partition coefficient (Wildman–Crippen LogP) is 5.49. The number of hydrogen-bond acceptors (Lipinski definition) is 2. The lowest BCUT2D eigenvalue weighted by molar-refractivity contribution is 0.0939. The third-order valence-electron chi connectivity index (χ3n) is 4.72. The van der Waals surface area contributed by atoms with E-state index in [4.69, 9.17) is 23.2 Å². The minimum absolute atomic E-state index is 0.0506. The number of amides is 1. The van der Waals surface area contributed by atoms with E-state index in [2.05, 4.69) is 10.3 Å². The highest BCUT2D eigenvalue weighted by molar-refractivity contribution is 6.35. The van der Waals surface area contributed by atoms with Crippen LogP contribution in [0.5, 0.6) is 0 Å². The molecule has 0 aliphatic heterocycles. The molecule has 4 nitrogen and oxygen atoms in total. The van der Waals surface area contributed by atoms with Gasteiger partial charge in [-0.2, -0.15) is 0 Å². The van der Waals surface area contributed by atoms with E-state index in [9.17, 15) is 9.18 Å². The van der Waals surface area contributed by atoms with E-state index in [-0.39, 0.29) is 10.9 Å². The quantitative estimate of drug-likeness (QED) is 0.556. The third-order valence-corrected chi connectivity index (χ3v) is 5.34. The number of carbonyl (C=O) groups is 1. The molecule has 1 aromatic carbocycles. The van der Waals surface area contributed by atoms with E-state index in [1.54, 1.807) is 13.1 Å². The summed E-state index contributed by atoms with van der Waals surface area (Å²) in [7, 11) is 0. The average Bonchev–Trinajstić information content (AvgIpc) is 2.93. The fourth-order valence-electron chi connectivity index (χ4n) is 3.15. The van der Waals surface area contributed by atoms with Crippen molar-refractivity contribution >= 4 is 29.1 Å². The van der Waals surface area contributed by atoms with Gasteiger partial charge in [0.25, 0.3) is 5.91 Å². The molecule has 2 heterocycles. The Bertz CT molecular complexity index is 1020. The van der Waals surface area contributed by atoms with E-state index in [1.807, 2.05) is 42.7 Å². The van der Waals surface area contributed by atoms with Crippen LogP contribution < -0.4 is 5.32 Å². The van der Waals surface area contributed by atoms with Crippen molar-refractivity contribution in [3.63, 3.8) is 0 Å². The van der Waals surface area contributed by atoms with Gasteiger partial charge in [-0.1, -0.05) is 29.3 Å². The maximum atomic E-state index is 13.8. The molecule has 0 aliphatic carbocycles. The van der Waals surface area contributed by atoms with Crippen molar-refractivity contribution in [2.75, 3.05) is 0 Å². The number of aromatic nitrogens is 2. The van der Waals surface area contributed by atoms with Crippen LogP contribution in [0.3, 0.4) is 0 Å². The number of nitrogens with one attached hydrogen (secondary N) is 1. The summed E-state index contributed by atoms with van der Waals surface area (Å²) in [5.74, 6) is -0.824. The van der Waals surface area contributed by atoms with Crippen molar-refractivity contribution in [2.45, 2.75) is 33.4 Å². The number of halogens is 3. The fraction of sp³-hybridized carbons (Fsp3) is 0.238. The molecular weight excluding hydrogens is 400 g/mol. The Hall–Kier alpha value is -2.37. The minimum atomic E-state index is -0.573. The Morgan fingerprint density at radius 1 is 1.21 bits per heavy atom. The topological polar surface area (TPSA) is 46.9 Å². The first-order chi connectivity index (χ1) is 13.3. The molecule has 3 rings (SSSR count). The molecule has 1 amide bonds. The number of aryl methyl sites for hydroxylation is 1. The summed E-state index contributed by atoms with van der Waals surface area (Å²) in [6, 6.07) is 9.69. The number of pyridine rings is 1. The highest BCUT2D eigenvalue weighted by Gasteiger charge is 2.20. The molecule has 146 valence electrons. The number of carbonyl (C=O) groups excluding carboxylic acids is 1. The van der Waals surface area contributed by atoms with Gasteiger partial charge in [0.05, 0.1) is 28.9 Å². The summed E-state index contributed by atoms with van der Waals surface area (Å²) in [5.41, 5.74) is 3.73. The second-order valence-corrected chi connectivity index (χ2v) is 7.49. The van der Waals surface area contributed by atoms with Gasteiger partial charge in [-0.05, 0) is 56.7 Å². The highest BCUT2D eigenvalue weighted by atomic mass is 35.5. The summed E-state index contributed by atoms with van der Waals surface area (Å²) >= 11 is 11.9. The van der Waals surface area contributed by atoms with E-state index < -0.39 is 11.9 Å². The van der Waals surface area contributed by atoms with Crippen LogP contribution in [0.1, 0.15) is 46.0 Å². The Kier molecular flexibility index (Phi) is 6.06. The van der Waals surface area contributed by atoms with Crippen LogP contribution in [0.4, 0.5) is 4.39 Å². The van der Waals surface area contributed by atoms with Crippen molar-refractivity contribution < 1.29 is 9.18 Å². The number of benzene rings is 1. The van der Waals surface area contributed by atoms with Crippen LogP contribution >= 0.6 is 23.2 Å². The Morgan fingerprint density at radius 2 is 1.96 bits per heavy atom. The molecule has 0 aliphatic rings. The van der Waals surface area contributed by atoms with Crippen LogP contribution in [0, 0.1) is 19.7 Å². The second kappa shape index (κ2) is 8.33. The lowest BCUT2D eigenvalue weighted by Crippen LogP contribution is -2.27. The minimum Gasteiger partial charge on any atom is -0.345 e. The average molecular weight is 420 g/mol. The Labute approximate surface area is 173 Å². The summed E-state index contributed by atoms with van der Waals surface area (Å²) < 4.78 is 15.8. The predicted molar refractivity (Wildman–Crippen MR) is 110 cm³/mol. The SMILES string of the molecule is Cc1cc(C(=O)NC(C)c2cc(F)c(Cl)cc2Cl)c(C)n1Cc1ccccn1. The first-order valence-corrected chi connectivity index (χ1v) is 9.55. The summed E-state index contributed by atoms with van der Waals surface area (Å²) in [6.07, 6.45) is 1.74. The van der Waals surface area contributed by atoms with Gasteiger partial charge in [0.2, 0.25) is 0 Å². The Morgan fingerprint density at radius 3 is 2.64 bits per heavy atom. The molecule has 0 fully saturated rings. The van der Waals surface area contributed by atoms with E-state index in [1.165, 1.54) is 12.1 Å². The molecule has 1 unspecified atom stereocenters. The van der Waals surface area contributed by atoms with E-state index >= 15 is 0 Å². The molecule has 28 heavy (non-hydrogen) atoms. The third kappa shape index (κ3) is 4.21. The van der Waals surface area contributed by atoms with Crippen molar-refractivity contribution in [1.82, 2.24) is 14.9 Å². The standard InChI is InChI=1S/C21H20Cl2FN3O/c1-12-8-17(14(3)27(12)11-15-6-4-5-7-25-15)21(28)26-13(2)16-9-20(24)19(23)10-18(16)22/h4-10,13H,11H2,1-3H3,(H,26,28). The van der Waals surface area contributed by atoms with Crippen LogP contribution in [-0.2, 0) is 6.54 Å². The summed E-state index contributed by atoms with van der Waals surface area (Å²) in [5, 5.41) is 3.14. The maximum absolute atomic E-state index is 13.8. The van der Waals surface area contributed by atoms with Gasteiger partial charge in [0.1, 0.15) is 5.82 Å². The molecule has 0 bridgehead atoms. The molecular formula is C21H20Cl2FN3O. The summed E-state index contributed by atoms with van der Waals surface area (Å²) in [6.45, 7) is 6.17. The van der Waals surface area contributed by atoms with Crippen molar-refractivity contribution in [1.29, 1.82) is 0 Å². The van der Waals surface area contributed by atoms with Gasteiger partial charge in [0.15, 0.2) is 0 Å². The molecule has 1 atom stereocenters. The number of hydrogen-bond donors (Lipinski definition) is 1. The molecule has 2 aromatic heterocycles. The van der Waals surface area contributed by atoms with Crippen LogP contribution in [-0.4, -0.2) is 15.5 Å². The van der Waals surface area contributed by atoms with E-state index in [0.29, 0.717) is 22.7 Å². The van der Waals surface area contributed by atoms with Gasteiger partial charge in [-0.25, -0.2) is 4.39 Å². The van der Waals surface area contributed by atoms with Crippen LogP contribution in [0.15, 0.2) is 42.6 Å². The van der Waals surface area contributed by atoms with Crippen LogP contribution in [0.2, 0.25) is 10.0 Å². The molecule has 0 saturated carbocycles. The largest absolute Gasteiger partial charge is 0.345 e. The van der Waals surface area contributed by atoms with Crippen molar-refractivity contribution in [2.24, 2.45) is 0 Å². The normalized spacial score (nSPS) is 12.1. The molecule has 0 saturated heterocycles. The molecule has 7 heteroatoms. The van der Waals surface area contributed by atoms with Gasteiger partial charge in [-0.15, -0.1) is 0 Å². The highest BCUT2D eigenvalue weighted by Crippen LogP contribution is 2.29. The zero-order chi connectivity index (χ0) is 20.4. The van der Waals surface area contributed by atoms with Gasteiger partial charge < -0.3 is 9.88 Å². The van der Waals surface area contributed by atoms with Crippen molar-refractivity contribution in [3.05, 3.63) is 86.7 Å². The molecule has 3 aromatic rings. The second-order valence-electron chi connectivity index (χ2n) is 6.68. The van der Waals surface area contributed by atoms with E-state index in [0.717, 1.165) is 17.1 Å². The maximum Gasteiger partial charge on any atom is 0.253 e. The van der Waals surface area contributed by atoms with Gasteiger partial charge >= 0.3 is 0 Å². The first-order valence-electron chi connectivity index (χ1n) is 8.80. The monoisotopic (exact) mass is 419 g/mol. The number of rotatable bonds is 5. The summed E-state index contributed by atoms with van der Waals surface area (Å²) in [4.78, 5) is 17.2. The van der Waals surface area contributed by atoms with Crippen LogP contribution in [0.25, 0.3) is 0 Å². The van der Waals surface area contributed by atoms with Gasteiger partial charge in [0, 0.05) is 22.6 Å². The first kappa shape index (κ1) is 20.4. The molecule has 1 N–H and O–H groups in total. The lowest BCUT2D eigenvalue weighted by atomic mass is 10.1. The lowest BCUT2D eigenvalue weighted by Gasteiger charge is -2.16.